The monoisotopic (exact) mass is 782 g/mol. The summed E-state index contributed by atoms with van der Waals surface area (Å²) in [5.74, 6) is -0.188. The first-order chi connectivity index (χ1) is 26.8. The van der Waals surface area contributed by atoms with Crippen molar-refractivity contribution in [3.8, 4) is 0 Å². The Labute approximate surface area is 337 Å². The molecule has 7 unspecified atom stereocenters. The molecule has 1 saturated heterocycles. The van der Waals surface area contributed by atoms with Gasteiger partial charge >= 0.3 is 0 Å². The Morgan fingerprint density at radius 3 is 1.55 bits per heavy atom. The Morgan fingerprint density at radius 1 is 0.600 bits per heavy atom. The predicted octanol–water partition coefficient (Wildman–Crippen LogP) is 9.50. The molecule has 1 amide bonds. The van der Waals surface area contributed by atoms with Crippen LogP contribution in [0.25, 0.3) is 0 Å². The number of hydrogen-bond acceptors (Lipinski definition) is 8. The summed E-state index contributed by atoms with van der Waals surface area (Å²) in [6.07, 6.45) is 36.6. The molecule has 324 valence electrons. The van der Waals surface area contributed by atoms with E-state index in [1.807, 2.05) is 6.08 Å². The Hall–Kier alpha value is -1.33. The van der Waals surface area contributed by atoms with Crippen LogP contribution < -0.4 is 5.32 Å². The van der Waals surface area contributed by atoms with E-state index < -0.39 is 49.5 Å². The van der Waals surface area contributed by atoms with Crippen LogP contribution in [0.2, 0.25) is 0 Å². The van der Waals surface area contributed by atoms with E-state index in [0.717, 1.165) is 64.2 Å². The van der Waals surface area contributed by atoms with Crippen LogP contribution in [0.4, 0.5) is 0 Å². The Morgan fingerprint density at radius 2 is 1.05 bits per heavy atom. The molecule has 0 aromatic rings. The zero-order valence-electron chi connectivity index (χ0n) is 35.4. The second kappa shape index (κ2) is 37.0. The van der Waals surface area contributed by atoms with Crippen molar-refractivity contribution in [3.05, 3.63) is 24.3 Å². The quantitative estimate of drug-likeness (QED) is 0.0268. The van der Waals surface area contributed by atoms with Crippen LogP contribution in [0, 0.1) is 0 Å². The molecular weight excluding hydrogens is 695 g/mol. The highest BCUT2D eigenvalue weighted by molar-refractivity contribution is 5.76. The number of nitrogens with one attached hydrogen (secondary N) is 1. The number of hydrogen-bond donors (Lipinski definition) is 6. The predicted molar refractivity (Wildman–Crippen MR) is 226 cm³/mol. The highest BCUT2D eigenvalue weighted by atomic mass is 16.7. The average molecular weight is 782 g/mol. The molecule has 0 saturated carbocycles. The van der Waals surface area contributed by atoms with Gasteiger partial charge in [0, 0.05) is 6.42 Å². The van der Waals surface area contributed by atoms with Crippen LogP contribution in [0.15, 0.2) is 24.3 Å². The van der Waals surface area contributed by atoms with Crippen molar-refractivity contribution < 1.29 is 39.8 Å². The molecule has 0 spiro atoms. The number of amides is 1. The largest absolute Gasteiger partial charge is 0.394 e. The summed E-state index contributed by atoms with van der Waals surface area (Å²) < 4.78 is 11.2. The van der Waals surface area contributed by atoms with Crippen molar-refractivity contribution in [3.63, 3.8) is 0 Å². The maximum atomic E-state index is 12.9. The van der Waals surface area contributed by atoms with Crippen molar-refractivity contribution in [1.82, 2.24) is 5.32 Å². The van der Waals surface area contributed by atoms with E-state index in [0.29, 0.717) is 6.42 Å². The molecule has 1 rings (SSSR count). The molecule has 1 aliphatic rings. The smallest absolute Gasteiger partial charge is 0.220 e. The molecule has 0 aliphatic carbocycles. The van der Waals surface area contributed by atoms with Crippen molar-refractivity contribution in [2.75, 3.05) is 13.2 Å². The number of rotatable bonds is 38. The second-order valence-electron chi connectivity index (χ2n) is 16.2. The first-order valence-corrected chi connectivity index (χ1v) is 23.1. The highest BCUT2D eigenvalue weighted by Gasteiger charge is 2.44. The van der Waals surface area contributed by atoms with Crippen LogP contribution >= 0.6 is 0 Å². The standard InChI is InChI=1S/C46H87NO8/c1-3-5-7-9-11-13-15-16-17-18-19-20-21-22-23-24-25-26-27-29-31-33-35-40(49)39(38-54-46-45(53)44(52)43(51)41(37-48)55-46)47-42(50)36-34-32-30-28-14-12-10-8-6-4-2/h8,10,33,35,39-41,43-46,48-49,51-53H,3-7,9,11-32,34,36-38H2,1-2H3,(H,47,50)/b10-8-,35-33+. The number of carbonyl (C=O) groups is 1. The lowest BCUT2D eigenvalue weighted by Gasteiger charge is -2.40. The van der Waals surface area contributed by atoms with Gasteiger partial charge in [-0.2, -0.15) is 0 Å². The van der Waals surface area contributed by atoms with Gasteiger partial charge in [0.25, 0.3) is 0 Å². The van der Waals surface area contributed by atoms with E-state index in [2.05, 4.69) is 31.3 Å². The van der Waals surface area contributed by atoms with Gasteiger partial charge in [-0.3, -0.25) is 4.79 Å². The molecule has 7 atom stereocenters. The zero-order chi connectivity index (χ0) is 40.2. The lowest BCUT2D eigenvalue weighted by atomic mass is 9.99. The SMILES string of the molecule is CCC/C=C\CCCCCCCC(=O)NC(COC1OC(CO)C(O)C(O)C1O)C(O)/C=C/CCCCCCCCCCCCCCCCCCCCCC. The normalized spacial score (nSPS) is 21.5. The molecule has 1 fully saturated rings. The number of allylic oxidation sites excluding steroid dienone is 3. The molecule has 6 N–H and O–H groups in total. The molecule has 9 nitrogen and oxygen atoms in total. The molecular formula is C46H87NO8. The van der Waals surface area contributed by atoms with E-state index in [4.69, 9.17) is 9.47 Å². The molecule has 1 heterocycles. The third-order valence-electron chi connectivity index (χ3n) is 11.0. The second-order valence-corrected chi connectivity index (χ2v) is 16.2. The van der Waals surface area contributed by atoms with Gasteiger partial charge in [-0.15, -0.1) is 0 Å². The van der Waals surface area contributed by atoms with Crippen molar-refractivity contribution in [2.45, 2.75) is 249 Å². The Kier molecular flexibility index (Phi) is 34.7. The van der Waals surface area contributed by atoms with Crippen LogP contribution in [0.3, 0.4) is 0 Å². The number of carbonyl (C=O) groups excluding carboxylic acids is 1. The molecule has 0 aromatic carbocycles. The van der Waals surface area contributed by atoms with Gasteiger partial charge in [0.15, 0.2) is 6.29 Å². The molecule has 55 heavy (non-hydrogen) atoms. The summed E-state index contributed by atoms with van der Waals surface area (Å²) in [7, 11) is 0. The van der Waals surface area contributed by atoms with Crippen molar-refractivity contribution in [2.24, 2.45) is 0 Å². The van der Waals surface area contributed by atoms with Gasteiger partial charge in [0.05, 0.1) is 25.4 Å². The summed E-state index contributed by atoms with van der Waals surface area (Å²) >= 11 is 0. The minimum absolute atomic E-state index is 0.188. The van der Waals surface area contributed by atoms with Gasteiger partial charge in [-0.1, -0.05) is 186 Å². The van der Waals surface area contributed by atoms with Gasteiger partial charge in [0.1, 0.15) is 24.4 Å². The van der Waals surface area contributed by atoms with Gasteiger partial charge in [-0.05, 0) is 38.5 Å². The van der Waals surface area contributed by atoms with E-state index in [9.17, 15) is 30.3 Å². The van der Waals surface area contributed by atoms with E-state index in [-0.39, 0.29) is 12.5 Å². The minimum atomic E-state index is -1.56. The Bertz CT molecular complexity index is 914. The highest BCUT2D eigenvalue weighted by Crippen LogP contribution is 2.23. The van der Waals surface area contributed by atoms with Crippen LogP contribution in [-0.2, 0) is 14.3 Å². The molecule has 0 aromatic heterocycles. The average Bonchev–Trinajstić information content (AvgIpc) is 3.18. The number of ether oxygens (including phenoxy) is 2. The topological polar surface area (TPSA) is 149 Å². The maximum absolute atomic E-state index is 12.9. The van der Waals surface area contributed by atoms with E-state index in [1.54, 1.807) is 6.08 Å². The first kappa shape index (κ1) is 51.7. The summed E-state index contributed by atoms with van der Waals surface area (Å²) in [6.45, 7) is 3.70. The summed E-state index contributed by atoms with van der Waals surface area (Å²) in [4.78, 5) is 12.9. The lowest BCUT2D eigenvalue weighted by molar-refractivity contribution is -0.302. The third-order valence-corrected chi connectivity index (χ3v) is 11.0. The third kappa shape index (κ3) is 27.9. The fourth-order valence-electron chi connectivity index (χ4n) is 7.28. The lowest BCUT2D eigenvalue weighted by Crippen LogP contribution is -2.60. The number of unbranched alkanes of at least 4 members (excludes halogenated alkanes) is 26. The molecule has 0 bridgehead atoms. The summed E-state index contributed by atoms with van der Waals surface area (Å²) in [5.41, 5.74) is 0. The van der Waals surface area contributed by atoms with Crippen LogP contribution in [0.5, 0.6) is 0 Å². The van der Waals surface area contributed by atoms with Crippen molar-refractivity contribution >= 4 is 5.91 Å². The van der Waals surface area contributed by atoms with Gasteiger partial charge < -0.3 is 40.3 Å². The number of aliphatic hydroxyl groups is 5. The zero-order valence-corrected chi connectivity index (χ0v) is 35.4. The van der Waals surface area contributed by atoms with E-state index >= 15 is 0 Å². The summed E-state index contributed by atoms with van der Waals surface area (Å²) in [5, 5.41) is 54.1. The van der Waals surface area contributed by atoms with Gasteiger partial charge in [0.2, 0.25) is 5.91 Å². The maximum Gasteiger partial charge on any atom is 0.220 e. The molecule has 9 heteroatoms. The fraction of sp³-hybridized carbons (Fsp3) is 0.891. The summed E-state index contributed by atoms with van der Waals surface area (Å²) in [6, 6.07) is -0.805. The van der Waals surface area contributed by atoms with Crippen molar-refractivity contribution in [1.29, 1.82) is 0 Å². The fourth-order valence-corrected chi connectivity index (χ4v) is 7.28. The van der Waals surface area contributed by atoms with Crippen LogP contribution in [0.1, 0.15) is 206 Å². The number of aliphatic hydroxyl groups excluding tert-OH is 5. The minimum Gasteiger partial charge on any atom is -0.394 e. The molecule has 0 radical (unpaired) electrons. The van der Waals surface area contributed by atoms with Gasteiger partial charge in [-0.25, -0.2) is 0 Å². The molecule has 1 aliphatic heterocycles. The van der Waals surface area contributed by atoms with Crippen LogP contribution in [-0.4, -0.2) is 87.5 Å². The first-order valence-electron chi connectivity index (χ1n) is 23.1. The Balaban J connectivity index is 2.29. The van der Waals surface area contributed by atoms with E-state index in [1.165, 1.54) is 122 Å².